The van der Waals surface area contributed by atoms with E-state index < -0.39 is 0 Å². The molecule has 0 radical (unpaired) electrons. The summed E-state index contributed by atoms with van der Waals surface area (Å²) in [5.74, 6) is 0.712. The molecule has 1 aromatic carbocycles. The van der Waals surface area contributed by atoms with Gasteiger partial charge in [-0.15, -0.1) is 0 Å². The van der Waals surface area contributed by atoms with Gasteiger partial charge in [0.1, 0.15) is 0 Å². The number of benzene rings is 1. The number of pyridine rings is 1. The Kier molecular flexibility index (Phi) is 3.86. The molecule has 0 aliphatic heterocycles. The topological polar surface area (TPSA) is 39.9 Å². The molecule has 2 aromatic heterocycles. The summed E-state index contributed by atoms with van der Waals surface area (Å²) in [4.78, 5) is 8.64. The Morgan fingerprint density at radius 1 is 1.24 bits per heavy atom. The number of rotatable bonds is 5. The van der Waals surface area contributed by atoms with Crippen molar-refractivity contribution in [2.24, 2.45) is 0 Å². The van der Waals surface area contributed by atoms with Crippen molar-refractivity contribution in [3.8, 4) is 5.88 Å². The van der Waals surface area contributed by atoms with Gasteiger partial charge in [0.15, 0.2) is 0 Å². The number of hydrogen-bond donors (Lipinski definition) is 0. The van der Waals surface area contributed by atoms with Gasteiger partial charge in [0.25, 0.3) is 0 Å². The molecule has 3 rings (SSSR count). The predicted octanol–water partition coefficient (Wildman–Crippen LogP) is 3.58. The Balaban J connectivity index is 1.92. The average Bonchev–Trinajstić information content (AvgIpc) is 2.99. The summed E-state index contributed by atoms with van der Waals surface area (Å²) in [5, 5.41) is 1.18. The van der Waals surface area contributed by atoms with Gasteiger partial charge in [-0.25, -0.2) is 9.97 Å². The molecule has 4 heteroatoms. The smallest absolute Gasteiger partial charge is 0.214 e. The van der Waals surface area contributed by atoms with E-state index in [1.54, 1.807) is 6.20 Å². The Bertz CT molecular complexity index is 735. The van der Waals surface area contributed by atoms with Crippen molar-refractivity contribution in [3.05, 3.63) is 54.1 Å². The third kappa shape index (κ3) is 3.05. The normalized spacial score (nSPS) is 11.0. The van der Waals surface area contributed by atoms with Crippen LogP contribution in [0.5, 0.6) is 5.88 Å². The zero-order valence-electron chi connectivity index (χ0n) is 12.4. The molecule has 0 aliphatic carbocycles. The van der Waals surface area contributed by atoms with E-state index in [0.717, 1.165) is 18.5 Å². The molecule has 2 heterocycles. The summed E-state index contributed by atoms with van der Waals surface area (Å²) in [5.41, 5.74) is 3.42. The summed E-state index contributed by atoms with van der Waals surface area (Å²) < 4.78 is 7.69. The third-order valence-electron chi connectivity index (χ3n) is 3.43. The summed E-state index contributed by atoms with van der Waals surface area (Å²) in [6, 6.07) is 8.38. The van der Waals surface area contributed by atoms with Crippen LogP contribution in [0.3, 0.4) is 0 Å². The second-order valence-electron chi connectivity index (χ2n) is 5.21. The number of nitrogens with zero attached hydrogens (tertiary/aromatic N) is 3. The fraction of sp³-hybridized carbons (Fsp3) is 0.294. The standard InChI is InChI=1S/C17H19N3O/c1-3-8-21-17-9-13(2)15-10-14(4-5-16(15)19-17)11-20-7-6-18-12-20/h4-7,9-10,12H,3,8,11H2,1-2H3. The van der Waals surface area contributed by atoms with Gasteiger partial charge in [0, 0.05) is 30.4 Å². The van der Waals surface area contributed by atoms with E-state index in [4.69, 9.17) is 4.74 Å². The van der Waals surface area contributed by atoms with Gasteiger partial charge in [-0.3, -0.25) is 0 Å². The zero-order chi connectivity index (χ0) is 14.7. The van der Waals surface area contributed by atoms with Crippen molar-refractivity contribution in [1.29, 1.82) is 0 Å². The van der Waals surface area contributed by atoms with Crippen LogP contribution in [-0.2, 0) is 6.54 Å². The number of hydrogen-bond acceptors (Lipinski definition) is 3. The lowest BCUT2D eigenvalue weighted by atomic mass is 10.1. The SMILES string of the molecule is CCCOc1cc(C)c2cc(Cn3ccnc3)ccc2n1. The first-order valence-electron chi connectivity index (χ1n) is 7.25. The van der Waals surface area contributed by atoms with Gasteiger partial charge < -0.3 is 9.30 Å². The lowest BCUT2D eigenvalue weighted by Crippen LogP contribution is -1.99. The van der Waals surface area contributed by atoms with Crippen molar-refractivity contribution in [2.75, 3.05) is 6.61 Å². The first-order chi connectivity index (χ1) is 10.3. The highest BCUT2D eigenvalue weighted by atomic mass is 16.5. The van der Waals surface area contributed by atoms with Crippen LogP contribution in [0.2, 0.25) is 0 Å². The van der Waals surface area contributed by atoms with Gasteiger partial charge >= 0.3 is 0 Å². The number of aryl methyl sites for hydroxylation is 1. The maximum absolute atomic E-state index is 5.64. The van der Waals surface area contributed by atoms with Crippen LogP contribution < -0.4 is 4.74 Å². The Morgan fingerprint density at radius 3 is 2.90 bits per heavy atom. The highest BCUT2D eigenvalue weighted by molar-refractivity contribution is 5.83. The molecule has 21 heavy (non-hydrogen) atoms. The molecule has 0 unspecified atom stereocenters. The van der Waals surface area contributed by atoms with Crippen LogP contribution in [-0.4, -0.2) is 21.1 Å². The molecule has 108 valence electrons. The molecule has 0 aliphatic rings. The molecule has 0 N–H and O–H groups in total. The fourth-order valence-electron chi connectivity index (χ4n) is 2.38. The first-order valence-corrected chi connectivity index (χ1v) is 7.25. The van der Waals surface area contributed by atoms with Crippen LogP contribution in [0.25, 0.3) is 10.9 Å². The van der Waals surface area contributed by atoms with Gasteiger partial charge in [0.2, 0.25) is 5.88 Å². The minimum atomic E-state index is 0.705. The Labute approximate surface area is 124 Å². The predicted molar refractivity (Wildman–Crippen MR) is 83.6 cm³/mol. The number of aromatic nitrogens is 3. The summed E-state index contributed by atoms with van der Waals surface area (Å²) in [6.45, 7) is 5.72. The van der Waals surface area contributed by atoms with E-state index in [0.29, 0.717) is 12.5 Å². The first kappa shape index (κ1) is 13.6. The van der Waals surface area contributed by atoms with E-state index in [9.17, 15) is 0 Å². The Hall–Kier alpha value is -2.36. The molecule has 3 aromatic rings. The van der Waals surface area contributed by atoms with E-state index in [1.807, 2.05) is 18.6 Å². The van der Waals surface area contributed by atoms with Crippen molar-refractivity contribution in [3.63, 3.8) is 0 Å². The number of fused-ring (bicyclic) bond motifs is 1. The fourth-order valence-corrected chi connectivity index (χ4v) is 2.38. The van der Waals surface area contributed by atoms with Crippen LogP contribution >= 0.6 is 0 Å². The average molecular weight is 281 g/mol. The largest absolute Gasteiger partial charge is 0.478 e. The van der Waals surface area contributed by atoms with Crippen LogP contribution in [0.15, 0.2) is 43.0 Å². The molecule has 0 atom stereocenters. The number of ether oxygens (including phenoxy) is 1. The van der Waals surface area contributed by atoms with Crippen molar-refractivity contribution < 1.29 is 4.74 Å². The molecule has 0 spiro atoms. The lowest BCUT2D eigenvalue weighted by Gasteiger charge is -2.09. The lowest BCUT2D eigenvalue weighted by molar-refractivity contribution is 0.306. The molecule has 4 nitrogen and oxygen atoms in total. The highest BCUT2D eigenvalue weighted by Crippen LogP contribution is 2.23. The van der Waals surface area contributed by atoms with E-state index in [-0.39, 0.29) is 0 Å². The van der Waals surface area contributed by atoms with Crippen molar-refractivity contribution >= 4 is 10.9 Å². The summed E-state index contributed by atoms with van der Waals surface area (Å²) in [6.07, 6.45) is 6.59. The quantitative estimate of drug-likeness (QED) is 0.717. The second kappa shape index (κ2) is 5.95. The van der Waals surface area contributed by atoms with E-state index in [2.05, 4.69) is 46.6 Å². The molecule has 0 fully saturated rings. The molecule has 0 saturated heterocycles. The van der Waals surface area contributed by atoms with Crippen molar-refractivity contribution in [1.82, 2.24) is 14.5 Å². The van der Waals surface area contributed by atoms with Gasteiger partial charge in [-0.05, 0) is 36.6 Å². The summed E-state index contributed by atoms with van der Waals surface area (Å²) in [7, 11) is 0. The molecule has 0 amide bonds. The Morgan fingerprint density at radius 2 is 2.14 bits per heavy atom. The van der Waals surface area contributed by atoms with Crippen LogP contribution in [0.1, 0.15) is 24.5 Å². The highest BCUT2D eigenvalue weighted by Gasteiger charge is 2.05. The monoisotopic (exact) mass is 281 g/mol. The van der Waals surface area contributed by atoms with E-state index in [1.165, 1.54) is 16.5 Å². The molecular formula is C17H19N3O. The van der Waals surface area contributed by atoms with Gasteiger partial charge in [-0.1, -0.05) is 13.0 Å². The summed E-state index contributed by atoms with van der Waals surface area (Å²) >= 11 is 0. The van der Waals surface area contributed by atoms with Gasteiger partial charge in [-0.2, -0.15) is 0 Å². The van der Waals surface area contributed by atoms with E-state index >= 15 is 0 Å². The van der Waals surface area contributed by atoms with Gasteiger partial charge in [0.05, 0.1) is 18.5 Å². The minimum Gasteiger partial charge on any atom is -0.478 e. The molecule has 0 bridgehead atoms. The maximum atomic E-state index is 5.64. The number of imidazole rings is 1. The molecule has 0 saturated carbocycles. The van der Waals surface area contributed by atoms with Crippen molar-refractivity contribution in [2.45, 2.75) is 26.8 Å². The maximum Gasteiger partial charge on any atom is 0.214 e. The zero-order valence-corrected chi connectivity index (χ0v) is 12.4. The van der Waals surface area contributed by atoms with Crippen LogP contribution in [0, 0.1) is 6.92 Å². The minimum absolute atomic E-state index is 0.705. The van der Waals surface area contributed by atoms with Crippen LogP contribution in [0.4, 0.5) is 0 Å². The second-order valence-corrected chi connectivity index (χ2v) is 5.21. The molecular weight excluding hydrogens is 262 g/mol. The third-order valence-corrected chi connectivity index (χ3v) is 3.43.